The van der Waals surface area contributed by atoms with E-state index in [0.717, 1.165) is 5.70 Å². The molecular formula is C9H18N2. The van der Waals surface area contributed by atoms with Crippen molar-refractivity contribution in [1.82, 2.24) is 10.6 Å². The molecule has 1 unspecified atom stereocenters. The highest BCUT2D eigenvalue weighted by atomic mass is 15.1. The van der Waals surface area contributed by atoms with Gasteiger partial charge in [-0.2, -0.15) is 0 Å². The Morgan fingerprint density at radius 3 is 2.27 bits per heavy atom. The number of likely N-dealkylation sites (N-methyl/N-ethyl adjacent to an activating group) is 1. The molecule has 1 atom stereocenters. The molecule has 0 aliphatic heterocycles. The molecule has 11 heavy (non-hydrogen) atoms. The maximum absolute atomic E-state index is 3.78. The highest BCUT2D eigenvalue weighted by Gasteiger charge is 2.04. The van der Waals surface area contributed by atoms with Gasteiger partial charge in [0.15, 0.2) is 0 Å². The van der Waals surface area contributed by atoms with E-state index in [4.69, 9.17) is 0 Å². The predicted octanol–water partition coefficient (Wildman–Crippen LogP) is 1.62. The minimum atomic E-state index is 0.220. The van der Waals surface area contributed by atoms with Gasteiger partial charge < -0.3 is 5.32 Å². The van der Waals surface area contributed by atoms with Gasteiger partial charge in [0, 0.05) is 5.70 Å². The van der Waals surface area contributed by atoms with Crippen molar-refractivity contribution in [3.63, 3.8) is 0 Å². The third-order valence-electron chi connectivity index (χ3n) is 1.59. The highest BCUT2D eigenvalue weighted by Crippen LogP contribution is 1.98. The van der Waals surface area contributed by atoms with Crippen molar-refractivity contribution in [1.29, 1.82) is 0 Å². The van der Waals surface area contributed by atoms with Crippen LogP contribution in [-0.2, 0) is 0 Å². The van der Waals surface area contributed by atoms with Gasteiger partial charge in [0.1, 0.15) is 0 Å². The van der Waals surface area contributed by atoms with Gasteiger partial charge >= 0.3 is 0 Å². The fourth-order valence-corrected chi connectivity index (χ4v) is 0.827. The number of hydrogen-bond acceptors (Lipinski definition) is 2. The number of hydrogen-bond donors (Lipinski definition) is 2. The van der Waals surface area contributed by atoms with Crippen LogP contribution in [0.4, 0.5) is 0 Å². The molecule has 64 valence electrons. The van der Waals surface area contributed by atoms with Gasteiger partial charge in [-0.15, -0.1) is 0 Å². The van der Waals surface area contributed by atoms with E-state index in [-0.39, 0.29) is 6.17 Å². The van der Waals surface area contributed by atoms with Crippen LogP contribution in [0.3, 0.4) is 0 Å². The third kappa shape index (κ3) is 3.83. The van der Waals surface area contributed by atoms with Gasteiger partial charge in [-0.25, -0.2) is 0 Å². The van der Waals surface area contributed by atoms with E-state index in [0.29, 0.717) is 0 Å². The molecule has 0 spiro atoms. The Labute approximate surface area is 69.4 Å². The molecule has 0 heterocycles. The van der Waals surface area contributed by atoms with Crippen molar-refractivity contribution in [2.24, 2.45) is 0 Å². The lowest BCUT2D eigenvalue weighted by Gasteiger charge is -2.19. The van der Waals surface area contributed by atoms with Crippen LogP contribution in [0.15, 0.2) is 23.9 Å². The number of rotatable bonds is 4. The standard InChI is InChI=1S/C9H18N2/c1-6-8(4)9(10-5)11-7(2)3/h6,9-11H,2H2,1,3-5H3/b8-6+. The Bertz CT molecular complexity index is 159. The third-order valence-corrected chi connectivity index (χ3v) is 1.59. The summed E-state index contributed by atoms with van der Waals surface area (Å²) in [6.45, 7) is 9.84. The zero-order chi connectivity index (χ0) is 8.85. The normalized spacial score (nSPS) is 14.4. The smallest absolute Gasteiger partial charge is 0.0983 e. The van der Waals surface area contributed by atoms with E-state index >= 15 is 0 Å². The molecule has 0 radical (unpaired) electrons. The van der Waals surface area contributed by atoms with Crippen molar-refractivity contribution in [2.45, 2.75) is 26.9 Å². The van der Waals surface area contributed by atoms with Crippen LogP contribution in [-0.4, -0.2) is 13.2 Å². The van der Waals surface area contributed by atoms with Crippen LogP contribution in [0.2, 0.25) is 0 Å². The Morgan fingerprint density at radius 2 is 2.00 bits per heavy atom. The van der Waals surface area contributed by atoms with Crippen LogP contribution in [0.1, 0.15) is 20.8 Å². The second kappa shape index (κ2) is 4.97. The maximum atomic E-state index is 3.78. The zero-order valence-electron chi connectivity index (χ0n) is 7.86. The highest BCUT2D eigenvalue weighted by molar-refractivity contribution is 5.08. The lowest BCUT2D eigenvalue weighted by Crippen LogP contribution is -2.39. The molecule has 0 rings (SSSR count). The molecule has 0 aliphatic rings. The van der Waals surface area contributed by atoms with Gasteiger partial charge in [0.25, 0.3) is 0 Å². The maximum Gasteiger partial charge on any atom is 0.0983 e. The summed E-state index contributed by atoms with van der Waals surface area (Å²) >= 11 is 0. The van der Waals surface area contributed by atoms with E-state index in [9.17, 15) is 0 Å². The Hall–Kier alpha value is -0.760. The topological polar surface area (TPSA) is 24.1 Å². The predicted molar refractivity (Wildman–Crippen MR) is 50.2 cm³/mol. The summed E-state index contributed by atoms with van der Waals surface area (Å²) in [4.78, 5) is 0. The van der Waals surface area contributed by atoms with Gasteiger partial charge in [-0.3, -0.25) is 5.32 Å². The summed E-state index contributed by atoms with van der Waals surface area (Å²) in [6.07, 6.45) is 2.30. The molecule has 0 aromatic carbocycles. The van der Waals surface area contributed by atoms with Crippen LogP contribution in [0.5, 0.6) is 0 Å². The van der Waals surface area contributed by atoms with Gasteiger partial charge in [-0.05, 0) is 33.4 Å². The average Bonchev–Trinajstić information content (AvgIpc) is 1.98. The van der Waals surface area contributed by atoms with E-state index in [1.165, 1.54) is 5.57 Å². The first-order chi connectivity index (χ1) is 5.11. The largest absolute Gasteiger partial charge is 0.370 e. The summed E-state index contributed by atoms with van der Waals surface area (Å²) in [6, 6.07) is 0. The summed E-state index contributed by atoms with van der Waals surface area (Å²) in [5.74, 6) is 0. The second-order valence-corrected chi connectivity index (χ2v) is 2.68. The van der Waals surface area contributed by atoms with Crippen molar-refractivity contribution in [3.8, 4) is 0 Å². The molecule has 0 aromatic rings. The Morgan fingerprint density at radius 1 is 1.45 bits per heavy atom. The summed E-state index contributed by atoms with van der Waals surface area (Å²) in [5, 5.41) is 6.35. The zero-order valence-corrected chi connectivity index (χ0v) is 7.86. The minimum absolute atomic E-state index is 0.220. The summed E-state index contributed by atoms with van der Waals surface area (Å²) in [5.41, 5.74) is 2.25. The van der Waals surface area contributed by atoms with Crippen molar-refractivity contribution >= 4 is 0 Å². The average molecular weight is 154 g/mol. The Kier molecular flexibility index (Phi) is 4.62. The summed E-state index contributed by atoms with van der Waals surface area (Å²) in [7, 11) is 1.92. The molecule has 0 amide bonds. The molecule has 0 saturated carbocycles. The molecular weight excluding hydrogens is 136 g/mol. The molecule has 0 aromatic heterocycles. The van der Waals surface area contributed by atoms with Crippen LogP contribution in [0.25, 0.3) is 0 Å². The fourth-order valence-electron chi connectivity index (χ4n) is 0.827. The molecule has 2 nitrogen and oxygen atoms in total. The first-order valence-corrected chi connectivity index (χ1v) is 3.84. The molecule has 0 aliphatic carbocycles. The molecule has 0 fully saturated rings. The van der Waals surface area contributed by atoms with Gasteiger partial charge in [-0.1, -0.05) is 12.7 Å². The van der Waals surface area contributed by atoms with Crippen molar-refractivity contribution in [2.75, 3.05) is 7.05 Å². The SMILES string of the molecule is C=C(C)NC(NC)/C(C)=C/C. The fraction of sp³-hybridized carbons (Fsp3) is 0.556. The minimum Gasteiger partial charge on any atom is -0.370 e. The second-order valence-electron chi connectivity index (χ2n) is 2.68. The monoisotopic (exact) mass is 154 g/mol. The summed E-state index contributed by atoms with van der Waals surface area (Å²) < 4.78 is 0. The van der Waals surface area contributed by atoms with Gasteiger partial charge in [0.2, 0.25) is 0 Å². The lowest BCUT2D eigenvalue weighted by atomic mass is 10.2. The van der Waals surface area contributed by atoms with E-state index < -0.39 is 0 Å². The van der Waals surface area contributed by atoms with Gasteiger partial charge in [0.05, 0.1) is 6.17 Å². The van der Waals surface area contributed by atoms with E-state index in [1.54, 1.807) is 0 Å². The van der Waals surface area contributed by atoms with E-state index in [2.05, 4.69) is 30.2 Å². The van der Waals surface area contributed by atoms with E-state index in [1.807, 2.05) is 20.9 Å². The first kappa shape index (κ1) is 10.2. The first-order valence-electron chi connectivity index (χ1n) is 3.84. The molecule has 0 bridgehead atoms. The lowest BCUT2D eigenvalue weighted by molar-refractivity contribution is 0.563. The quantitative estimate of drug-likeness (QED) is 0.475. The molecule has 2 heteroatoms. The Balaban J connectivity index is 4.06. The van der Waals surface area contributed by atoms with Crippen molar-refractivity contribution < 1.29 is 0 Å². The van der Waals surface area contributed by atoms with Crippen molar-refractivity contribution in [3.05, 3.63) is 23.9 Å². The van der Waals surface area contributed by atoms with Crippen LogP contribution < -0.4 is 10.6 Å². The number of nitrogens with one attached hydrogen (secondary N) is 2. The van der Waals surface area contributed by atoms with Crippen LogP contribution >= 0.6 is 0 Å². The number of allylic oxidation sites excluding steroid dienone is 2. The molecule has 2 N–H and O–H groups in total. The van der Waals surface area contributed by atoms with Crippen LogP contribution in [0, 0.1) is 0 Å². The molecule has 0 saturated heterocycles.